The summed E-state index contributed by atoms with van der Waals surface area (Å²) in [4.78, 5) is 0.923. The summed E-state index contributed by atoms with van der Waals surface area (Å²) in [7, 11) is 0. The molecule has 134 valence electrons. The lowest BCUT2D eigenvalue weighted by atomic mass is 10.2. The van der Waals surface area contributed by atoms with Crippen LogP contribution in [0.25, 0.3) is 11.0 Å². The summed E-state index contributed by atoms with van der Waals surface area (Å²) in [6, 6.07) is 22.0. The number of aliphatic hydroxyl groups is 1. The van der Waals surface area contributed by atoms with Gasteiger partial charge in [0.1, 0.15) is 6.10 Å². The second-order valence-electron chi connectivity index (χ2n) is 6.03. The van der Waals surface area contributed by atoms with E-state index in [4.69, 9.17) is 5.41 Å². The summed E-state index contributed by atoms with van der Waals surface area (Å²) >= 11 is 1.54. The first kappa shape index (κ1) is 18.5. The van der Waals surface area contributed by atoms with Crippen LogP contribution in [0.2, 0.25) is 0 Å². The largest absolute Gasteiger partial charge is 0.386 e. The molecule has 2 N–H and O–H groups in total. The number of aliphatic hydroxyl groups excluding tert-OH is 1. The minimum atomic E-state index is -0.606. The van der Waals surface area contributed by atoms with E-state index in [0.29, 0.717) is 18.7 Å². The molecule has 2 aromatic carbocycles. The van der Waals surface area contributed by atoms with Crippen LogP contribution in [0.4, 0.5) is 0 Å². The normalized spacial score (nSPS) is 12.0. The zero-order valence-electron chi connectivity index (χ0n) is 14.1. The number of halogens is 1. The van der Waals surface area contributed by atoms with Gasteiger partial charge in [-0.1, -0.05) is 48.5 Å². The number of nitrogens with zero attached hydrogens (tertiary/aromatic N) is 2. The number of imidazole rings is 1. The van der Waals surface area contributed by atoms with Gasteiger partial charge in [-0.05, 0) is 29.1 Å². The maximum absolute atomic E-state index is 10.5. The molecule has 0 amide bonds. The summed E-state index contributed by atoms with van der Waals surface area (Å²) in [6.07, 6.45) is -0.606. The second-order valence-corrected chi connectivity index (χ2v) is 7.01. The molecule has 0 bridgehead atoms. The highest BCUT2D eigenvalue weighted by Crippen LogP contribution is 2.22. The Morgan fingerprint density at radius 2 is 1.54 bits per heavy atom. The molecule has 0 aliphatic carbocycles. The summed E-state index contributed by atoms with van der Waals surface area (Å²) in [6.45, 7) is 1.02. The Morgan fingerprint density at radius 3 is 2.19 bits per heavy atom. The zero-order valence-corrected chi connectivity index (χ0v) is 15.7. The van der Waals surface area contributed by atoms with Crippen molar-refractivity contribution in [3.63, 3.8) is 0 Å². The number of para-hydroxylation sites is 2. The molecule has 0 aliphatic heterocycles. The van der Waals surface area contributed by atoms with Gasteiger partial charge in [0.05, 0.1) is 24.1 Å². The lowest BCUT2D eigenvalue weighted by Gasteiger charge is -2.10. The van der Waals surface area contributed by atoms with Crippen molar-refractivity contribution in [1.82, 2.24) is 9.13 Å². The predicted molar refractivity (Wildman–Crippen MR) is 108 cm³/mol. The van der Waals surface area contributed by atoms with E-state index in [2.05, 4.69) is 12.1 Å². The fraction of sp³-hybridized carbons (Fsp3) is 0.150. The highest BCUT2D eigenvalue weighted by molar-refractivity contribution is 7.10. The number of thiophene rings is 1. The molecule has 0 fully saturated rings. The predicted octanol–water partition coefficient (Wildman–Crippen LogP) is 4.19. The molecule has 26 heavy (non-hydrogen) atoms. The minimum Gasteiger partial charge on any atom is -0.386 e. The second kappa shape index (κ2) is 7.91. The van der Waals surface area contributed by atoms with Crippen molar-refractivity contribution >= 4 is 34.8 Å². The molecule has 4 nitrogen and oxygen atoms in total. The average Bonchev–Trinajstić information content (AvgIpc) is 3.26. The lowest BCUT2D eigenvalue weighted by molar-refractivity contribution is 0.159. The Kier molecular flexibility index (Phi) is 5.61. The van der Waals surface area contributed by atoms with Gasteiger partial charge in [-0.2, -0.15) is 0 Å². The van der Waals surface area contributed by atoms with Crippen molar-refractivity contribution in [2.45, 2.75) is 19.2 Å². The van der Waals surface area contributed by atoms with Gasteiger partial charge in [0.2, 0.25) is 5.62 Å². The third-order valence-corrected chi connectivity index (χ3v) is 5.36. The fourth-order valence-electron chi connectivity index (χ4n) is 3.15. The van der Waals surface area contributed by atoms with E-state index in [1.807, 2.05) is 69.1 Å². The first-order chi connectivity index (χ1) is 12.2. The van der Waals surface area contributed by atoms with Gasteiger partial charge in [-0.25, -0.2) is 0 Å². The zero-order chi connectivity index (χ0) is 17.2. The number of nitrogens with one attached hydrogen (secondary N) is 1. The summed E-state index contributed by atoms with van der Waals surface area (Å²) in [5.41, 5.74) is 3.54. The monoisotopic (exact) mass is 385 g/mol. The van der Waals surface area contributed by atoms with Crippen LogP contribution in [0, 0.1) is 5.41 Å². The smallest absolute Gasteiger partial charge is 0.203 e. The Morgan fingerprint density at radius 1 is 0.885 bits per heavy atom. The van der Waals surface area contributed by atoms with E-state index in [9.17, 15) is 5.11 Å². The molecule has 0 spiro atoms. The van der Waals surface area contributed by atoms with Crippen LogP contribution in [-0.2, 0) is 13.1 Å². The summed E-state index contributed by atoms with van der Waals surface area (Å²) in [5.74, 6) is 0. The van der Waals surface area contributed by atoms with Crippen molar-refractivity contribution in [2.75, 3.05) is 0 Å². The van der Waals surface area contributed by atoms with E-state index in [1.165, 1.54) is 11.3 Å². The van der Waals surface area contributed by atoms with Gasteiger partial charge in [-0.3, -0.25) is 5.41 Å². The molecular weight excluding hydrogens is 366 g/mol. The average molecular weight is 386 g/mol. The number of hydrogen-bond donors (Lipinski definition) is 2. The van der Waals surface area contributed by atoms with Crippen molar-refractivity contribution in [2.24, 2.45) is 0 Å². The van der Waals surface area contributed by atoms with Gasteiger partial charge < -0.3 is 14.2 Å². The standard InChI is InChI=1S/C20H19N3OS.ClH/c21-20-22(13-15-7-2-1-3-8-15)16-9-4-5-10-17(16)23(20)14-18(24)19-11-6-12-25-19;/h1-12,18,21,24H,13-14H2;1H. The van der Waals surface area contributed by atoms with Gasteiger partial charge >= 0.3 is 0 Å². The molecule has 0 radical (unpaired) electrons. The number of benzene rings is 2. The van der Waals surface area contributed by atoms with Crippen molar-refractivity contribution in [1.29, 1.82) is 5.41 Å². The highest BCUT2D eigenvalue weighted by Gasteiger charge is 2.15. The van der Waals surface area contributed by atoms with Crippen molar-refractivity contribution in [3.05, 3.63) is 88.2 Å². The number of rotatable bonds is 5. The first-order valence-corrected chi connectivity index (χ1v) is 9.10. The molecule has 2 heterocycles. The van der Waals surface area contributed by atoms with Crippen molar-refractivity contribution < 1.29 is 5.11 Å². The third kappa shape index (κ3) is 3.46. The summed E-state index contributed by atoms with van der Waals surface area (Å²) < 4.78 is 3.88. The molecule has 2 aromatic heterocycles. The van der Waals surface area contributed by atoms with E-state index < -0.39 is 6.10 Å². The van der Waals surface area contributed by atoms with Gasteiger partial charge in [-0.15, -0.1) is 23.7 Å². The van der Waals surface area contributed by atoms with Crippen LogP contribution < -0.4 is 5.62 Å². The van der Waals surface area contributed by atoms with Gasteiger partial charge in [0.25, 0.3) is 0 Å². The lowest BCUT2D eigenvalue weighted by Crippen LogP contribution is -2.27. The topological polar surface area (TPSA) is 53.9 Å². The Balaban J connectivity index is 0.00000196. The van der Waals surface area contributed by atoms with Crippen LogP contribution in [0.5, 0.6) is 0 Å². The molecular formula is C20H20ClN3OS. The quantitative estimate of drug-likeness (QED) is 0.531. The molecule has 6 heteroatoms. The van der Waals surface area contributed by atoms with Crippen LogP contribution in [0.3, 0.4) is 0 Å². The minimum absolute atomic E-state index is 0. The van der Waals surface area contributed by atoms with E-state index in [0.717, 1.165) is 21.5 Å². The van der Waals surface area contributed by atoms with E-state index in [1.54, 1.807) is 0 Å². The molecule has 1 atom stereocenters. The Bertz CT molecular complexity index is 1040. The van der Waals surface area contributed by atoms with E-state index >= 15 is 0 Å². The van der Waals surface area contributed by atoms with Crippen LogP contribution in [-0.4, -0.2) is 14.2 Å². The van der Waals surface area contributed by atoms with Crippen LogP contribution >= 0.6 is 23.7 Å². The number of hydrogen-bond acceptors (Lipinski definition) is 3. The van der Waals surface area contributed by atoms with Crippen LogP contribution in [0.15, 0.2) is 72.1 Å². The Hall–Kier alpha value is -2.34. The maximum Gasteiger partial charge on any atom is 0.203 e. The number of aromatic nitrogens is 2. The summed E-state index contributed by atoms with van der Waals surface area (Å²) in [5, 5.41) is 21.2. The maximum atomic E-state index is 10.5. The first-order valence-electron chi connectivity index (χ1n) is 8.22. The number of fused-ring (bicyclic) bond motifs is 1. The van der Waals surface area contributed by atoms with Crippen molar-refractivity contribution in [3.8, 4) is 0 Å². The van der Waals surface area contributed by atoms with Crippen LogP contribution in [0.1, 0.15) is 16.5 Å². The SMILES string of the molecule is Cl.N=c1n(Cc2ccccc2)c2ccccc2n1CC(O)c1cccs1. The molecule has 4 aromatic rings. The Labute approximate surface area is 161 Å². The molecule has 1 unspecified atom stereocenters. The van der Waals surface area contributed by atoms with Gasteiger partial charge in [0, 0.05) is 4.88 Å². The molecule has 0 aliphatic rings. The van der Waals surface area contributed by atoms with Gasteiger partial charge in [0.15, 0.2) is 0 Å². The molecule has 0 saturated heterocycles. The highest BCUT2D eigenvalue weighted by atomic mass is 35.5. The fourth-order valence-corrected chi connectivity index (χ4v) is 3.85. The van der Waals surface area contributed by atoms with E-state index in [-0.39, 0.29) is 12.4 Å². The molecule has 4 rings (SSSR count). The third-order valence-electron chi connectivity index (χ3n) is 4.39. The molecule has 0 saturated carbocycles.